The highest BCUT2D eigenvalue weighted by molar-refractivity contribution is 6.01. The number of nitrogens with zero attached hydrogens (tertiary/aromatic N) is 2. The lowest BCUT2D eigenvalue weighted by molar-refractivity contribution is 0.640. The number of hydrogen-bond donors (Lipinski definition) is 1. The van der Waals surface area contributed by atoms with Crippen LogP contribution in [-0.2, 0) is 0 Å². The van der Waals surface area contributed by atoms with Crippen LogP contribution in [0.25, 0.3) is 10.8 Å². The van der Waals surface area contributed by atoms with E-state index in [-0.39, 0.29) is 5.82 Å². The van der Waals surface area contributed by atoms with Gasteiger partial charge >= 0.3 is 0 Å². The number of fused-ring (bicyclic) bond motifs is 1. The average molecular weight is 233 g/mol. The summed E-state index contributed by atoms with van der Waals surface area (Å²) in [4.78, 5) is 6.40. The van der Waals surface area contributed by atoms with Crippen molar-refractivity contribution in [2.45, 2.75) is 13.8 Å². The number of anilines is 2. The maximum absolute atomic E-state index is 13.7. The zero-order valence-electron chi connectivity index (χ0n) is 10.1. The van der Waals surface area contributed by atoms with Crippen LogP contribution in [0.2, 0.25) is 0 Å². The Hall–Kier alpha value is -1.84. The molecule has 0 radical (unpaired) electrons. The number of nitrogens with two attached hydrogens (primary N) is 1. The van der Waals surface area contributed by atoms with E-state index in [1.807, 2.05) is 13.8 Å². The molecule has 3 nitrogen and oxygen atoms in total. The summed E-state index contributed by atoms with van der Waals surface area (Å²) in [7, 11) is 0. The van der Waals surface area contributed by atoms with Crippen LogP contribution in [-0.4, -0.2) is 18.1 Å². The van der Waals surface area contributed by atoms with Crippen LogP contribution in [0.3, 0.4) is 0 Å². The predicted molar refractivity (Wildman–Crippen MR) is 69.7 cm³/mol. The first-order valence-corrected chi connectivity index (χ1v) is 5.76. The minimum Gasteiger partial charge on any atom is -0.398 e. The summed E-state index contributed by atoms with van der Waals surface area (Å²) in [6.45, 7) is 5.72. The van der Waals surface area contributed by atoms with E-state index in [1.54, 1.807) is 18.3 Å². The van der Waals surface area contributed by atoms with Crippen molar-refractivity contribution in [1.82, 2.24) is 4.98 Å². The van der Waals surface area contributed by atoms with Gasteiger partial charge in [0.2, 0.25) is 0 Å². The molecule has 0 saturated heterocycles. The Bertz CT molecular complexity index is 535. The van der Waals surface area contributed by atoms with Gasteiger partial charge in [0, 0.05) is 30.4 Å². The number of hydrogen-bond acceptors (Lipinski definition) is 3. The topological polar surface area (TPSA) is 42.2 Å². The molecular weight excluding hydrogens is 217 g/mol. The second-order valence-electron chi connectivity index (χ2n) is 3.87. The highest BCUT2D eigenvalue weighted by Gasteiger charge is 2.13. The minimum atomic E-state index is -0.259. The SMILES string of the molecule is CCN(CC)c1nccc2c(F)ccc(N)c12. The Morgan fingerprint density at radius 3 is 2.59 bits per heavy atom. The zero-order valence-corrected chi connectivity index (χ0v) is 10.1. The Balaban J connectivity index is 2.76. The van der Waals surface area contributed by atoms with Crippen LogP contribution in [0.1, 0.15) is 13.8 Å². The summed E-state index contributed by atoms with van der Waals surface area (Å²) in [5.41, 5.74) is 6.51. The number of rotatable bonds is 3. The van der Waals surface area contributed by atoms with Crippen molar-refractivity contribution in [3.8, 4) is 0 Å². The molecule has 4 heteroatoms. The van der Waals surface area contributed by atoms with E-state index >= 15 is 0 Å². The van der Waals surface area contributed by atoms with Gasteiger partial charge in [-0.15, -0.1) is 0 Å². The van der Waals surface area contributed by atoms with E-state index in [1.165, 1.54) is 6.07 Å². The summed E-state index contributed by atoms with van der Waals surface area (Å²) in [5, 5.41) is 1.23. The third-order valence-electron chi connectivity index (χ3n) is 2.95. The predicted octanol–water partition coefficient (Wildman–Crippen LogP) is 2.80. The van der Waals surface area contributed by atoms with Crippen molar-refractivity contribution < 1.29 is 4.39 Å². The van der Waals surface area contributed by atoms with E-state index < -0.39 is 0 Å². The monoisotopic (exact) mass is 233 g/mol. The molecule has 1 aromatic heterocycles. The van der Waals surface area contributed by atoms with Gasteiger partial charge in [-0.2, -0.15) is 0 Å². The van der Waals surface area contributed by atoms with E-state index in [9.17, 15) is 4.39 Å². The normalized spacial score (nSPS) is 10.8. The quantitative estimate of drug-likeness (QED) is 0.829. The first-order valence-electron chi connectivity index (χ1n) is 5.76. The molecule has 1 heterocycles. The number of benzene rings is 1. The molecule has 2 N–H and O–H groups in total. The number of nitrogen functional groups attached to an aromatic ring is 1. The lowest BCUT2D eigenvalue weighted by Crippen LogP contribution is -2.23. The molecule has 0 unspecified atom stereocenters. The summed E-state index contributed by atoms with van der Waals surface area (Å²) >= 11 is 0. The zero-order chi connectivity index (χ0) is 12.4. The molecule has 2 rings (SSSR count). The van der Waals surface area contributed by atoms with Gasteiger partial charge in [-0.1, -0.05) is 0 Å². The van der Waals surface area contributed by atoms with Crippen molar-refractivity contribution >= 4 is 22.3 Å². The van der Waals surface area contributed by atoms with Gasteiger partial charge in [0.1, 0.15) is 11.6 Å². The van der Waals surface area contributed by atoms with Gasteiger partial charge in [0.25, 0.3) is 0 Å². The molecule has 0 aliphatic rings. The second kappa shape index (κ2) is 4.57. The molecule has 0 bridgehead atoms. The van der Waals surface area contributed by atoms with Crippen LogP contribution in [0, 0.1) is 5.82 Å². The Morgan fingerprint density at radius 2 is 1.94 bits per heavy atom. The van der Waals surface area contributed by atoms with Crippen LogP contribution in [0.5, 0.6) is 0 Å². The maximum atomic E-state index is 13.7. The Labute approximate surface area is 100 Å². The molecule has 0 amide bonds. The number of halogens is 1. The van der Waals surface area contributed by atoms with Crippen molar-refractivity contribution in [2.24, 2.45) is 0 Å². The van der Waals surface area contributed by atoms with E-state index in [2.05, 4.69) is 9.88 Å². The Kier molecular flexibility index (Phi) is 3.13. The first kappa shape index (κ1) is 11.6. The van der Waals surface area contributed by atoms with E-state index in [0.717, 1.165) is 18.9 Å². The first-order chi connectivity index (χ1) is 8.19. The third-order valence-corrected chi connectivity index (χ3v) is 2.95. The van der Waals surface area contributed by atoms with Crippen molar-refractivity contribution in [1.29, 1.82) is 0 Å². The van der Waals surface area contributed by atoms with Gasteiger partial charge < -0.3 is 10.6 Å². The van der Waals surface area contributed by atoms with Crippen LogP contribution < -0.4 is 10.6 Å². The Morgan fingerprint density at radius 1 is 1.24 bits per heavy atom. The molecule has 2 aromatic rings. The fraction of sp³-hybridized carbons (Fsp3) is 0.308. The van der Waals surface area contributed by atoms with E-state index in [0.29, 0.717) is 16.5 Å². The lowest BCUT2D eigenvalue weighted by Gasteiger charge is -2.22. The summed E-state index contributed by atoms with van der Waals surface area (Å²) in [6.07, 6.45) is 1.62. The third kappa shape index (κ3) is 1.90. The highest BCUT2D eigenvalue weighted by atomic mass is 19.1. The molecule has 0 spiro atoms. The highest BCUT2D eigenvalue weighted by Crippen LogP contribution is 2.31. The maximum Gasteiger partial charge on any atom is 0.138 e. The molecule has 0 saturated carbocycles. The lowest BCUT2D eigenvalue weighted by atomic mass is 10.1. The van der Waals surface area contributed by atoms with Crippen LogP contribution in [0.15, 0.2) is 24.4 Å². The van der Waals surface area contributed by atoms with Gasteiger partial charge in [-0.25, -0.2) is 9.37 Å². The average Bonchev–Trinajstić information content (AvgIpc) is 2.35. The smallest absolute Gasteiger partial charge is 0.138 e. The fourth-order valence-corrected chi connectivity index (χ4v) is 2.03. The number of aromatic nitrogens is 1. The molecule has 0 aliphatic heterocycles. The van der Waals surface area contributed by atoms with Gasteiger partial charge in [0.15, 0.2) is 0 Å². The molecule has 0 fully saturated rings. The largest absolute Gasteiger partial charge is 0.398 e. The molecule has 0 aliphatic carbocycles. The molecule has 90 valence electrons. The van der Waals surface area contributed by atoms with Gasteiger partial charge in [0.05, 0.1) is 5.39 Å². The van der Waals surface area contributed by atoms with Crippen LogP contribution in [0.4, 0.5) is 15.9 Å². The molecule has 1 aromatic carbocycles. The second-order valence-corrected chi connectivity index (χ2v) is 3.87. The minimum absolute atomic E-state index is 0.259. The van der Waals surface area contributed by atoms with Crippen molar-refractivity contribution in [2.75, 3.05) is 23.7 Å². The van der Waals surface area contributed by atoms with Crippen molar-refractivity contribution in [3.63, 3.8) is 0 Å². The standard InChI is InChI=1S/C13H16FN3/c1-3-17(4-2)13-12-9(7-8-16-13)10(14)5-6-11(12)15/h5-8H,3-4,15H2,1-2H3. The fourth-order valence-electron chi connectivity index (χ4n) is 2.03. The van der Waals surface area contributed by atoms with Crippen molar-refractivity contribution in [3.05, 3.63) is 30.2 Å². The number of pyridine rings is 1. The summed E-state index contributed by atoms with van der Waals surface area (Å²) in [6, 6.07) is 4.64. The van der Waals surface area contributed by atoms with Crippen LogP contribution >= 0.6 is 0 Å². The van der Waals surface area contributed by atoms with Gasteiger partial charge in [-0.3, -0.25) is 0 Å². The summed E-state index contributed by atoms with van der Waals surface area (Å²) in [5.74, 6) is 0.495. The molecule has 17 heavy (non-hydrogen) atoms. The van der Waals surface area contributed by atoms with E-state index in [4.69, 9.17) is 5.73 Å². The molecule has 0 atom stereocenters. The van der Waals surface area contributed by atoms with Gasteiger partial charge in [-0.05, 0) is 32.0 Å². The summed E-state index contributed by atoms with van der Waals surface area (Å²) < 4.78 is 13.7. The molecular formula is C13H16FN3.